The van der Waals surface area contributed by atoms with Gasteiger partial charge in [0.25, 0.3) is 11.7 Å². The number of aliphatic hydroxyl groups is 1. The molecule has 0 bridgehead atoms. The van der Waals surface area contributed by atoms with E-state index in [9.17, 15) is 14.7 Å². The second-order valence-corrected chi connectivity index (χ2v) is 8.12. The molecule has 1 aliphatic heterocycles. The van der Waals surface area contributed by atoms with Gasteiger partial charge in [0.2, 0.25) is 0 Å². The number of rotatable bonds is 6. The Kier molecular flexibility index (Phi) is 5.87. The summed E-state index contributed by atoms with van der Waals surface area (Å²) in [6, 6.07) is 22.2. The number of Topliss-reactive ketones (excluding diaryl/α,β-unsaturated/α-hetero) is 1. The molecule has 0 saturated carbocycles. The molecule has 4 rings (SSSR count). The SMILES string of the molecule is CN(C)CCCN1C(=O)C(=O)/C(=C(\O)c2ccc3ccccc3c2)C1c1ccccc1. The highest BCUT2D eigenvalue weighted by atomic mass is 16.3. The molecule has 1 aliphatic rings. The van der Waals surface area contributed by atoms with E-state index in [1.165, 1.54) is 0 Å². The molecule has 1 fully saturated rings. The van der Waals surface area contributed by atoms with E-state index >= 15 is 0 Å². The molecule has 31 heavy (non-hydrogen) atoms. The van der Waals surface area contributed by atoms with Crippen molar-refractivity contribution in [2.24, 2.45) is 0 Å². The maximum Gasteiger partial charge on any atom is 0.295 e. The summed E-state index contributed by atoms with van der Waals surface area (Å²) >= 11 is 0. The highest BCUT2D eigenvalue weighted by molar-refractivity contribution is 6.46. The standard InChI is InChI=1S/C26H26N2O3/c1-27(2)15-8-16-28-23(19-10-4-3-5-11-19)22(25(30)26(28)31)24(29)21-14-13-18-9-6-7-12-20(18)17-21/h3-7,9-14,17,23,29H,8,15-16H2,1-2H3/b24-22-. The van der Waals surface area contributed by atoms with E-state index in [4.69, 9.17) is 0 Å². The number of carbonyl (C=O) groups is 2. The molecule has 5 nitrogen and oxygen atoms in total. The molecule has 1 heterocycles. The zero-order valence-corrected chi connectivity index (χ0v) is 17.8. The van der Waals surface area contributed by atoms with Crippen LogP contribution in [-0.2, 0) is 9.59 Å². The first-order valence-corrected chi connectivity index (χ1v) is 10.4. The van der Waals surface area contributed by atoms with Gasteiger partial charge in [0.15, 0.2) is 0 Å². The van der Waals surface area contributed by atoms with Gasteiger partial charge in [0, 0.05) is 12.1 Å². The van der Waals surface area contributed by atoms with E-state index in [1.807, 2.05) is 85.7 Å². The lowest BCUT2D eigenvalue weighted by molar-refractivity contribution is -0.139. The second kappa shape index (κ2) is 8.74. The van der Waals surface area contributed by atoms with E-state index in [-0.39, 0.29) is 11.3 Å². The van der Waals surface area contributed by atoms with Crippen LogP contribution in [0.1, 0.15) is 23.6 Å². The van der Waals surface area contributed by atoms with E-state index in [0.717, 1.165) is 29.3 Å². The van der Waals surface area contributed by atoms with Crippen molar-refractivity contribution in [1.82, 2.24) is 9.80 Å². The summed E-state index contributed by atoms with van der Waals surface area (Å²) in [6.45, 7) is 1.24. The normalized spacial score (nSPS) is 18.3. The van der Waals surface area contributed by atoms with Crippen LogP contribution in [0, 0.1) is 0 Å². The predicted octanol–water partition coefficient (Wildman–Crippen LogP) is 4.21. The molecule has 0 radical (unpaired) electrons. The van der Waals surface area contributed by atoms with Gasteiger partial charge in [0.1, 0.15) is 5.76 Å². The number of hydrogen-bond acceptors (Lipinski definition) is 4. The summed E-state index contributed by atoms with van der Waals surface area (Å²) in [5, 5.41) is 13.2. The van der Waals surface area contributed by atoms with Crippen molar-refractivity contribution in [3.8, 4) is 0 Å². The first-order valence-electron chi connectivity index (χ1n) is 10.4. The third-order valence-electron chi connectivity index (χ3n) is 5.68. The summed E-state index contributed by atoms with van der Waals surface area (Å²) in [5.41, 5.74) is 1.50. The Morgan fingerprint density at radius 2 is 1.61 bits per heavy atom. The molecule has 0 aromatic heterocycles. The van der Waals surface area contributed by atoms with Gasteiger partial charge in [0.05, 0.1) is 11.6 Å². The van der Waals surface area contributed by atoms with Gasteiger partial charge in [-0.05, 0) is 49.5 Å². The first kappa shape index (κ1) is 20.8. The zero-order chi connectivity index (χ0) is 22.0. The third-order valence-corrected chi connectivity index (χ3v) is 5.68. The second-order valence-electron chi connectivity index (χ2n) is 8.12. The number of nitrogens with zero attached hydrogens (tertiary/aromatic N) is 2. The summed E-state index contributed by atoms with van der Waals surface area (Å²) in [6.07, 6.45) is 0.735. The number of carbonyl (C=O) groups excluding carboxylic acids is 2. The van der Waals surface area contributed by atoms with Crippen LogP contribution in [0.15, 0.2) is 78.4 Å². The van der Waals surface area contributed by atoms with Crippen molar-refractivity contribution in [2.45, 2.75) is 12.5 Å². The lowest BCUT2D eigenvalue weighted by Gasteiger charge is -2.26. The van der Waals surface area contributed by atoms with Crippen LogP contribution in [0.4, 0.5) is 0 Å². The molecule has 3 aromatic carbocycles. The highest BCUT2D eigenvalue weighted by Crippen LogP contribution is 2.39. The van der Waals surface area contributed by atoms with E-state index in [1.54, 1.807) is 11.0 Å². The summed E-state index contributed by atoms with van der Waals surface area (Å²) in [5.74, 6) is -1.33. The maximum absolute atomic E-state index is 13.1. The molecule has 1 unspecified atom stereocenters. The van der Waals surface area contributed by atoms with Crippen LogP contribution in [0.25, 0.3) is 16.5 Å². The molecular formula is C26H26N2O3. The largest absolute Gasteiger partial charge is 0.507 e. The lowest BCUT2D eigenvalue weighted by Crippen LogP contribution is -2.32. The van der Waals surface area contributed by atoms with Crippen LogP contribution in [0.5, 0.6) is 0 Å². The van der Waals surface area contributed by atoms with Gasteiger partial charge >= 0.3 is 0 Å². The molecular weight excluding hydrogens is 388 g/mol. The number of hydrogen-bond donors (Lipinski definition) is 1. The molecule has 3 aromatic rings. The minimum absolute atomic E-state index is 0.131. The van der Waals surface area contributed by atoms with Crippen molar-refractivity contribution in [3.05, 3.63) is 89.5 Å². The number of benzene rings is 3. The minimum atomic E-state index is -0.635. The van der Waals surface area contributed by atoms with Gasteiger partial charge in [-0.25, -0.2) is 0 Å². The van der Waals surface area contributed by atoms with Crippen LogP contribution < -0.4 is 0 Å². The molecule has 0 spiro atoms. The van der Waals surface area contributed by atoms with Crippen LogP contribution in [-0.4, -0.2) is 53.8 Å². The Bertz CT molecular complexity index is 1150. The third kappa shape index (κ3) is 4.09. The van der Waals surface area contributed by atoms with Crippen LogP contribution in [0.3, 0.4) is 0 Å². The Hall–Kier alpha value is -3.44. The average molecular weight is 415 g/mol. The molecule has 158 valence electrons. The summed E-state index contributed by atoms with van der Waals surface area (Å²) < 4.78 is 0. The number of likely N-dealkylation sites (tertiary alicyclic amines) is 1. The number of fused-ring (bicyclic) bond motifs is 1. The molecule has 1 amide bonds. The van der Waals surface area contributed by atoms with Crippen LogP contribution >= 0.6 is 0 Å². The van der Waals surface area contributed by atoms with Gasteiger partial charge in [-0.15, -0.1) is 0 Å². The van der Waals surface area contributed by atoms with Crippen molar-refractivity contribution in [1.29, 1.82) is 0 Å². The molecule has 0 aliphatic carbocycles. The molecule has 1 atom stereocenters. The molecule has 1 saturated heterocycles. The number of aliphatic hydroxyl groups excluding tert-OH is 1. The summed E-state index contributed by atoms with van der Waals surface area (Å²) in [4.78, 5) is 29.6. The maximum atomic E-state index is 13.1. The fourth-order valence-electron chi connectivity index (χ4n) is 4.14. The molecule has 5 heteroatoms. The van der Waals surface area contributed by atoms with Crippen LogP contribution in [0.2, 0.25) is 0 Å². The monoisotopic (exact) mass is 414 g/mol. The van der Waals surface area contributed by atoms with Gasteiger partial charge in [-0.1, -0.05) is 66.7 Å². The topological polar surface area (TPSA) is 60.9 Å². The van der Waals surface area contributed by atoms with Crippen molar-refractivity contribution < 1.29 is 14.7 Å². The fraction of sp³-hybridized carbons (Fsp3) is 0.231. The number of ketones is 1. The Morgan fingerprint density at radius 3 is 2.32 bits per heavy atom. The van der Waals surface area contributed by atoms with Gasteiger partial charge < -0.3 is 14.9 Å². The highest BCUT2D eigenvalue weighted by Gasteiger charge is 2.45. The van der Waals surface area contributed by atoms with E-state index < -0.39 is 17.7 Å². The minimum Gasteiger partial charge on any atom is -0.507 e. The van der Waals surface area contributed by atoms with Gasteiger partial charge in [-0.2, -0.15) is 0 Å². The van der Waals surface area contributed by atoms with Crippen molar-refractivity contribution in [3.63, 3.8) is 0 Å². The van der Waals surface area contributed by atoms with E-state index in [2.05, 4.69) is 0 Å². The summed E-state index contributed by atoms with van der Waals surface area (Å²) in [7, 11) is 3.95. The lowest BCUT2D eigenvalue weighted by atomic mass is 9.94. The molecule has 1 N–H and O–H groups in total. The van der Waals surface area contributed by atoms with Crippen molar-refractivity contribution in [2.75, 3.05) is 27.2 Å². The number of amides is 1. The van der Waals surface area contributed by atoms with Crippen molar-refractivity contribution >= 4 is 28.2 Å². The van der Waals surface area contributed by atoms with Gasteiger partial charge in [-0.3, -0.25) is 9.59 Å². The predicted molar refractivity (Wildman–Crippen MR) is 123 cm³/mol. The Balaban J connectivity index is 1.80. The zero-order valence-electron chi connectivity index (χ0n) is 17.8. The average Bonchev–Trinajstić information content (AvgIpc) is 3.03. The van der Waals surface area contributed by atoms with E-state index in [0.29, 0.717) is 12.1 Å². The smallest absolute Gasteiger partial charge is 0.295 e. The fourth-order valence-corrected chi connectivity index (χ4v) is 4.14. The quantitative estimate of drug-likeness (QED) is 0.373. The first-order chi connectivity index (χ1) is 15.0. The Labute approximate surface area is 182 Å². The Morgan fingerprint density at radius 1 is 0.935 bits per heavy atom.